The molecule has 0 spiro atoms. The zero-order valence-corrected chi connectivity index (χ0v) is 6.17. The topological polar surface area (TPSA) is 43.3 Å². The Hall–Kier alpha value is -0.510. The highest BCUT2D eigenvalue weighted by molar-refractivity contribution is 7.94. The van der Waals surface area contributed by atoms with Crippen LogP contribution in [0, 0.1) is 0 Å². The van der Waals surface area contributed by atoms with E-state index >= 15 is 0 Å². The van der Waals surface area contributed by atoms with Crippen LogP contribution in [0.1, 0.15) is 0 Å². The average Bonchev–Trinajstić information content (AvgIpc) is 1.95. The maximum atomic E-state index is 10.8. The molecule has 3 heteroatoms. The summed E-state index contributed by atoms with van der Waals surface area (Å²) in [4.78, 5) is 0. The molecule has 0 aromatic heterocycles. The van der Waals surface area contributed by atoms with Gasteiger partial charge in [0.15, 0.2) is 0 Å². The molecule has 0 radical (unpaired) electrons. The van der Waals surface area contributed by atoms with Crippen LogP contribution in [0.2, 0.25) is 0 Å². The molecule has 10 heavy (non-hydrogen) atoms. The van der Waals surface area contributed by atoms with Crippen LogP contribution in [0.3, 0.4) is 0 Å². The van der Waals surface area contributed by atoms with E-state index in [2.05, 4.69) is 6.58 Å². The molecule has 0 saturated carbocycles. The summed E-state index contributed by atoms with van der Waals surface area (Å²) in [5.41, 5.74) is -0.275. The molecular formula is C7H8O2S. The number of hydrogen-bond donors (Lipinski definition) is 1. The molecule has 2 atom stereocenters. The molecule has 54 valence electrons. The number of allylic oxidation sites excluding steroid dienone is 2. The van der Waals surface area contributed by atoms with Crippen LogP contribution in [-0.4, -0.2) is 15.1 Å². The van der Waals surface area contributed by atoms with Crippen LogP contribution < -0.4 is 0 Å². The third-order valence-electron chi connectivity index (χ3n) is 1.24. The highest BCUT2D eigenvalue weighted by Gasteiger charge is 2.21. The molecule has 1 aliphatic rings. The van der Waals surface area contributed by atoms with E-state index < -0.39 is 16.6 Å². The largest absolute Gasteiger partial charge is 0.610 e. The lowest BCUT2D eigenvalue weighted by Crippen LogP contribution is -2.21. The lowest BCUT2D eigenvalue weighted by atomic mass is 10.2. The lowest BCUT2D eigenvalue weighted by molar-refractivity contribution is 0.287. The second kappa shape index (κ2) is 3.05. The Balaban J connectivity index is 2.81. The standard InChI is InChI=1S/C7H8O2S/c1-2-6-4-3-5-10(9)7(6)8/h2-5,7-8H,1H2. The lowest BCUT2D eigenvalue weighted by Gasteiger charge is -2.15. The van der Waals surface area contributed by atoms with Crippen LogP contribution in [-0.2, 0) is 11.2 Å². The van der Waals surface area contributed by atoms with Gasteiger partial charge in [0.05, 0.1) is 0 Å². The Morgan fingerprint density at radius 2 is 2.50 bits per heavy atom. The fraction of sp³-hybridized carbons (Fsp3) is 0.143. The quantitative estimate of drug-likeness (QED) is 0.568. The Bertz CT molecular complexity index is 196. The normalized spacial score (nSPS) is 31.6. The van der Waals surface area contributed by atoms with Crippen LogP contribution in [0.5, 0.6) is 0 Å². The number of hydrogen-bond acceptors (Lipinski definition) is 2. The summed E-state index contributed by atoms with van der Waals surface area (Å²) in [6.07, 6.45) is 4.85. The molecule has 2 unspecified atom stereocenters. The van der Waals surface area contributed by atoms with Gasteiger partial charge in [0.1, 0.15) is 5.41 Å². The summed E-state index contributed by atoms with van der Waals surface area (Å²) in [5, 5.41) is 10.6. The van der Waals surface area contributed by atoms with Gasteiger partial charge in [0.25, 0.3) is 0 Å². The van der Waals surface area contributed by atoms with Gasteiger partial charge in [-0.15, -0.1) is 0 Å². The first-order chi connectivity index (χ1) is 4.75. The van der Waals surface area contributed by atoms with E-state index in [0.717, 1.165) is 0 Å². The second-order valence-corrected chi connectivity index (χ2v) is 3.26. The Morgan fingerprint density at radius 1 is 1.80 bits per heavy atom. The number of aliphatic hydroxyl groups is 1. The zero-order chi connectivity index (χ0) is 7.56. The summed E-state index contributed by atoms with van der Waals surface area (Å²) in [7, 11) is 0. The molecule has 0 aromatic carbocycles. The van der Waals surface area contributed by atoms with Gasteiger partial charge >= 0.3 is 0 Å². The minimum Gasteiger partial charge on any atom is -0.610 e. The average molecular weight is 156 g/mol. The monoisotopic (exact) mass is 156 g/mol. The van der Waals surface area contributed by atoms with E-state index in [1.165, 1.54) is 11.5 Å². The predicted molar refractivity (Wildman–Crippen MR) is 41.6 cm³/mol. The van der Waals surface area contributed by atoms with E-state index in [0.29, 0.717) is 5.57 Å². The molecule has 2 nitrogen and oxygen atoms in total. The first kappa shape index (κ1) is 7.60. The van der Waals surface area contributed by atoms with E-state index in [1.54, 1.807) is 12.2 Å². The fourth-order valence-corrected chi connectivity index (χ4v) is 1.51. The van der Waals surface area contributed by atoms with Gasteiger partial charge in [0.2, 0.25) is 5.44 Å². The predicted octanol–water partition coefficient (Wildman–Crippen LogP) is 0.693. The van der Waals surface area contributed by atoms with Gasteiger partial charge in [-0.3, -0.25) is 0 Å². The van der Waals surface area contributed by atoms with Crippen molar-refractivity contribution in [3.63, 3.8) is 0 Å². The van der Waals surface area contributed by atoms with E-state index in [4.69, 9.17) is 5.11 Å². The number of aliphatic hydroxyl groups excluding tert-OH is 1. The summed E-state index contributed by atoms with van der Waals surface area (Å²) < 4.78 is 10.8. The highest BCUT2D eigenvalue weighted by Crippen LogP contribution is 2.16. The summed E-state index contributed by atoms with van der Waals surface area (Å²) in [6, 6.07) is 0. The van der Waals surface area contributed by atoms with Crippen molar-refractivity contribution in [1.82, 2.24) is 0 Å². The highest BCUT2D eigenvalue weighted by atomic mass is 32.2. The summed E-state index contributed by atoms with van der Waals surface area (Å²) >= 11 is -1.28. The maximum Gasteiger partial charge on any atom is 0.244 e. The van der Waals surface area contributed by atoms with Crippen LogP contribution in [0.15, 0.2) is 35.8 Å². The molecular weight excluding hydrogens is 148 g/mol. The van der Waals surface area contributed by atoms with Crippen LogP contribution in [0.4, 0.5) is 0 Å². The van der Waals surface area contributed by atoms with Crippen molar-refractivity contribution < 1.29 is 9.66 Å². The Morgan fingerprint density at radius 3 is 3.00 bits per heavy atom. The van der Waals surface area contributed by atoms with E-state index in [-0.39, 0.29) is 0 Å². The van der Waals surface area contributed by atoms with Crippen LogP contribution >= 0.6 is 0 Å². The molecule has 1 heterocycles. The van der Waals surface area contributed by atoms with Crippen molar-refractivity contribution in [2.75, 3.05) is 0 Å². The van der Waals surface area contributed by atoms with E-state index in [1.807, 2.05) is 0 Å². The minimum atomic E-state index is -1.28. The first-order valence-corrected chi connectivity index (χ1v) is 4.11. The van der Waals surface area contributed by atoms with Gasteiger partial charge in [0, 0.05) is 16.7 Å². The van der Waals surface area contributed by atoms with Crippen molar-refractivity contribution in [3.05, 3.63) is 35.8 Å². The smallest absolute Gasteiger partial charge is 0.244 e. The molecule has 1 N–H and O–H groups in total. The molecule has 0 saturated heterocycles. The van der Waals surface area contributed by atoms with Gasteiger partial charge in [-0.2, -0.15) is 0 Å². The second-order valence-electron chi connectivity index (χ2n) is 1.88. The molecule has 0 aromatic rings. The Kier molecular flexibility index (Phi) is 2.32. The first-order valence-electron chi connectivity index (χ1n) is 2.84. The third-order valence-corrected chi connectivity index (χ3v) is 2.38. The Labute approximate surface area is 62.7 Å². The molecule has 0 fully saturated rings. The van der Waals surface area contributed by atoms with Crippen LogP contribution in [0.25, 0.3) is 0 Å². The van der Waals surface area contributed by atoms with Gasteiger partial charge < -0.3 is 9.66 Å². The fourth-order valence-electron chi connectivity index (χ4n) is 0.688. The molecule has 0 bridgehead atoms. The van der Waals surface area contributed by atoms with Crippen molar-refractivity contribution in [2.24, 2.45) is 0 Å². The summed E-state index contributed by atoms with van der Waals surface area (Å²) in [6.45, 7) is 3.47. The molecule has 1 aliphatic heterocycles. The SMILES string of the molecule is C=CC1=CC=C[S+]([O-])C1O. The minimum absolute atomic E-state index is 0.612. The van der Waals surface area contributed by atoms with Crippen molar-refractivity contribution in [3.8, 4) is 0 Å². The maximum absolute atomic E-state index is 10.8. The van der Waals surface area contributed by atoms with Crippen molar-refractivity contribution in [1.29, 1.82) is 0 Å². The molecule has 0 amide bonds. The van der Waals surface area contributed by atoms with Gasteiger partial charge in [-0.25, -0.2) is 0 Å². The van der Waals surface area contributed by atoms with E-state index in [9.17, 15) is 4.55 Å². The van der Waals surface area contributed by atoms with Crippen molar-refractivity contribution >= 4 is 11.2 Å². The zero-order valence-electron chi connectivity index (χ0n) is 5.36. The summed E-state index contributed by atoms with van der Waals surface area (Å²) in [5.74, 6) is 0. The van der Waals surface area contributed by atoms with Gasteiger partial charge in [-0.1, -0.05) is 12.7 Å². The van der Waals surface area contributed by atoms with Crippen molar-refractivity contribution in [2.45, 2.75) is 5.44 Å². The molecule has 0 aliphatic carbocycles. The van der Waals surface area contributed by atoms with Gasteiger partial charge in [-0.05, 0) is 12.2 Å². The molecule has 1 rings (SSSR count). The third kappa shape index (κ3) is 1.31. The number of rotatable bonds is 1.